The zero-order chi connectivity index (χ0) is 17.7. The van der Waals surface area contributed by atoms with E-state index in [0.717, 1.165) is 21.1 Å². The van der Waals surface area contributed by atoms with Crippen molar-refractivity contribution in [3.8, 4) is 0 Å². The molecule has 1 heterocycles. The molecule has 0 spiro atoms. The van der Waals surface area contributed by atoms with Crippen molar-refractivity contribution in [3.05, 3.63) is 39.3 Å². The maximum absolute atomic E-state index is 12.1. The van der Waals surface area contributed by atoms with E-state index in [2.05, 4.69) is 20.9 Å². The molecule has 2 aromatic rings. The molecule has 1 aromatic heterocycles. The predicted molar refractivity (Wildman–Crippen MR) is 97.5 cm³/mol. The molecule has 0 bridgehead atoms. The normalized spacial score (nSPS) is 10.3. The standard InChI is InChI=1S/C17H22N4O2S/c1-5-16(22)20-13-7-6-10(2)14(8-13)21-17(23)18-9-15-11(3)19-12(4)24-15/h6-8H,5,9H2,1-4H3,(H,20,22)(H2,18,21,23). The van der Waals surface area contributed by atoms with Crippen LogP contribution in [0, 0.1) is 20.8 Å². The number of benzene rings is 1. The highest BCUT2D eigenvalue weighted by Crippen LogP contribution is 2.21. The summed E-state index contributed by atoms with van der Waals surface area (Å²) in [6, 6.07) is 5.14. The van der Waals surface area contributed by atoms with Crippen molar-refractivity contribution < 1.29 is 9.59 Å². The van der Waals surface area contributed by atoms with Gasteiger partial charge < -0.3 is 16.0 Å². The molecule has 0 aliphatic carbocycles. The Morgan fingerprint density at radius 2 is 1.92 bits per heavy atom. The molecule has 3 N–H and O–H groups in total. The number of aromatic nitrogens is 1. The molecule has 0 aliphatic rings. The first kappa shape index (κ1) is 17.9. The molecule has 128 valence electrons. The van der Waals surface area contributed by atoms with Gasteiger partial charge in [0.1, 0.15) is 0 Å². The van der Waals surface area contributed by atoms with Crippen LogP contribution in [0.1, 0.15) is 34.5 Å². The van der Waals surface area contributed by atoms with Gasteiger partial charge in [-0.1, -0.05) is 13.0 Å². The summed E-state index contributed by atoms with van der Waals surface area (Å²) < 4.78 is 0. The smallest absolute Gasteiger partial charge is 0.319 e. The van der Waals surface area contributed by atoms with E-state index >= 15 is 0 Å². The number of carbonyl (C=O) groups excluding carboxylic acids is 2. The second-order valence-electron chi connectivity index (χ2n) is 5.48. The van der Waals surface area contributed by atoms with Gasteiger partial charge in [-0.25, -0.2) is 9.78 Å². The minimum absolute atomic E-state index is 0.0645. The maximum atomic E-state index is 12.1. The first-order valence-corrected chi connectivity index (χ1v) is 8.59. The van der Waals surface area contributed by atoms with Gasteiger partial charge in [0.2, 0.25) is 5.91 Å². The van der Waals surface area contributed by atoms with E-state index in [4.69, 9.17) is 0 Å². The predicted octanol–water partition coefficient (Wildman–Crippen LogP) is 3.74. The van der Waals surface area contributed by atoms with Crippen LogP contribution >= 0.6 is 11.3 Å². The third-order valence-corrected chi connectivity index (χ3v) is 4.57. The summed E-state index contributed by atoms with van der Waals surface area (Å²) in [6.45, 7) is 8.01. The first-order chi connectivity index (χ1) is 11.4. The fraction of sp³-hybridized carbons (Fsp3) is 0.353. The van der Waals surface area contributed by atoms with Crippen LogP contribution in [0.15, 0.2) is 18.2 Å². The SMILES string of the molecule is CCC(=O)Nc1ccc(C)c(NC(=O)NCc2sc(C)nc2C)c1. The van der Waals surface area contributed by atoms with Crippen LogP contribution in [0.5, 0.6) is 0 Å². The van der Waals surface area contributed by atoms with Crippen LogP contribution in [-0.2, 0) is 11.3 Å². The molecule has 3 amide bonds. The fourth-order valence-corrected chi connectivity index (χ4v) is 3.03. The number of amides is 3. The highest BCUT2D eigenvalue weighted by Gasteiger charge is 2.09. The van der Waals surface area contributed by atoms with Crippen LogP contribution in [0.4, 0.5) is 16.2 Å². The van der Waals surface area contributed by atoms with Gasteiger partial charge >= 0.3 is 6.03 Å². The van der Waals surface area contributed by atoms with Crippen LogP contribution in [-0.4, -0.2) is 16.9 Å². The highest BCUT2D eigenvalue weighted by molar-refractivity contribution is 7.11. The molecule has 6 nitrogen and oxygen atoms in total. The minimum Gasteiger partial charge on any atom is -0.333 e. The number of nitrogens with zero attached hydrogens (tertiary/aromatic N) is 1. The molecule has 0 aliphatic heterocycles. The van der Waals surface area contributed by atoms with Gasteiger partial charge in [-0.3, -0.25) is 4.79 Å². The monoisotopic (exact) mass is 346 g/mol. The Labute approximate surface area is 145 Å². The van der Waals surface area contributed by atoms with Crippen LogP contribution in [0.25, 0.3) is 0 Å². The summed E-state index contributed by atoms with van der Waals surface area (Å²) in [6.07, 6.45) is 0.407. The molecule has 0 saturated carbocycles. The topological polar surface area (TPSA) is 83.1 Å². The summed E-state index contributed by atoms with van der Waals surface area (Å²) in [4.78, 5) is 29.0. The number of rotatable bonds is 5. The number of thiazole rings is 1. The van der Waals surface area contributed by atoms with Gasteiger partial charge in [-0.2, -0.15) is 0 Å². The molecule has 0 atom stereocenters. The average Bonchev–Trinajstić information content (AvgIpc) is 2.86. The first-order valence-electron chi connectivity index (χ1n) is 7.77. The Kier molecular flexibility index (Phi) is 5.92. The molecule has 2 rings (SSSR count). The van der Waals surface area contributed by atoms with Gasteiger partial charge in [0.15, 0.2) is 0 Å². The van der Waals surface area contributed by atoms with E-state index in [1.165, 1.54) is 0 Å². The molecule has 7 heteroatoms. The molecule has 24 heavy (non-hydrogen) atoms. The summed E-state index contributed by atoms with van der Waals surface area (Å²) in [5.41, 5.74) is 3.19. The summed E-state index contributed by atoms with van der Waals surface area (Å²) in [7, 11) is 0. The molecule has 0 unspecified atom stereocenters. The average molecular weight is 346 g/mol. The maximum Gasteiger partial charge on any atom is 0.319 e. The highest BCUT2D eigenvalue weighted by atomic mass is 32.1. The molecular formula is C17H22N4O2S. The summed E-state index contributed by atoms with van der Waals surface area (Å²) in [5.74, 6) is -0.0645. The van der Waals surface area contributed by atoms with Crippen molar-refractivity contribution in [1.82, 2.24) is 10.3 Å². The number of anilines is 2. The number of aryl methyl sites for hydroxylation is 3. The Hall–Kier alpha value is -2.41. The number of urea groups is 1. The van der Waals surface area contributed by atoms with Crippen molar-refractivity contribution in [2.24, 2.45) is 0 Å². The molecule has 1 aromatic carbocycles. The van der Waals surface area contributed by atoms with E-state index < -0.39 is 0 Å². The number of carbonyl (C=O) groups is 2. The lowest BCUT2D eigenvalue weighted by Gasteiger charge is -2.12. The van der Waals surface area contributed by atoms with Crippen LogP contribution in [0.2, 0.25) is 0 Å². The minimum atomic E-state index is -0.289. The largest absolute Gasteiger partial charge is 0.333 e. The third-order valence-electron chi connectivity index (χ3n) is 3.50. The fourth-order valence-electron chi connectivity index (χ4n) is 2.15. The molecule has 0 saturated heterocycles. The van der Waals surface area contributed by atoms with E-state index in [0.29, 0.717) is 24.3 Å². The van der Waals surface area contributed by atoms with Gasteiger partial charge in [0, 0.05) is 22.7 Å². The van der Waals surface area contributed by atoms with Gasteiger partial charge in [0.05, 0.1) is 17.2 Å². The molecule has 0 radical (unpaired) electrons. The zero-order valence-corrected chi connectivity index (χ0v) is 15.1. The number of hydrogen-bond acceptors (Lipinski definition) is 4. The van der Waals surface area contributed by atoms with Gasteiger partial charge in [0.25, 0.3) is 0 Å². The van der Waals surface area contributed by atoms with E-state index in [9.17, 15) is 9.59 Å². The van der Waals surface area contributed by atoms with E-state index in [1.807, 2.05) is 32.9 Å². The number of hydrogen-bond donors (Lipinski definition) is 3. The zero-order valence-electron chi connectivity index (χ0n) is 14.3. The van der Waals surface area contributed by atoms with E-state index in [1.54, 1.807) is 24.3 Å². The van der Waals surface area contributed by atoms with Gasteiger partial charge in [-0.05, 0) is 38.5 Å². The van der Waals surface area contributed by atoms with Crippen molar-refractivity contribution >= 4 is 34.6 Å². The van der Waals surface area contributed by atoms with Crippen molar-refractivity contribution in [2.45, 2.75) is 40.7 Å². The van der Waals surface area contributed by atoms with Crippen molar-refractivity contribution in [1.29, 1.82) is 0 Å². The molecule has 0 fully saturated rings. The second-order valence-corrected chi connectivity index (χ2v) is 6.77. The lowest BCUT2D eigenvalue weighted by molar-refractivity contribution is -0.115. The summed E-state index contributed by atoms with van der Waals surface area (Å²) in [5, 5.41) is 9.42. The lowest BCUT2D eigenvalue weighted by atomic mass is 10.2. The van der Waals surface area contributed by atoms with Crippen LogP contribution in [0.3, 0.4) is 0 Å². The Balaban J connectivity index is 1.99. The quantitative estimate of drug-likeness (QED) is 0.771. The lowest BCUT2D eigenvalue weighted by Crippen LogP contribution is -2.28. The third kappa shape index (κ3) is 4.79. The molecular weight excluding hydrogens is 324 g/mol. The summed E-state index contributed by atoms with van der Waals surface area (Å²) >= 11 is 1.58. The van der Waals surface area contributed by atoms with Crippen LogP contribution < -0.4 is 16.0 Å². The van der Waals surface area contributed by atoms with Crippen molar-refractivity contribution in [3.63, 3.8) is 0 Å². The Morgan fingerprint density at radius 3 is 2.54 bits per heavy atom. The van der Waals surface area contributed by atoms with Gasteiger partial charge in [-0.15, -0.1) is 11.3 Å². The number of nitrogens with one attached hydrogen (secondary N) is 3. The van der Waals surface area contributed by atoms with E-state index in [-0.39, 0.29) is 11.9 Å². The van der Waals surface area contributed by atoms with Crippen molar-refractivity contribution in [2.75, 3.05) is 10.6 Å². The Morgan fingerprint density at radius 1 is 1.17 bits per heavy atom. The Bertz CT molecular complexity index is 755. The second kappa shape index (κ2) is 7.92.